The largest absolute Gasteiger partial charge is 0.481 e. The van der Waals surface area contributed by atoms with E-state index in [1.807, 2.05) is 14.0 Å². The summed E-state index contributed by atoms with van der Waals surface area (Å²) >= 11 is 0. The van der Waals surface area contributed by atoms with Crippen LogP contribution in [0.3, 0.4) is 0 Å². The lowest BCUT2D eigenvalue weighted by Gasteiger charge is -2.31. The maximum absolute atomic E-state index is 10.6. The van der Waals surface area contributed by atoms with E-state index in [0.717, 1.165) is 56.0 Å². The molecule has 0 aromatic carbocycles. The van der Waals surface area contributed by atoms with Crippen molar-refractivity contribution in [2.24, 2.45) is 13.0 Å². The monoisotopic (exact) mass is 295 g/mol. The molecule has 1 saturated heterocycles. The van der Waals surface area contributed by atoms with Gasteiger partial charge in [0.2, 0.25) is 5.88 Å². The molecule has 0 amide bonds. The minimum absolute atomic E-state index is 0.292. The van der Waals surface area contributed by atoms with Gasteiger partial charge in [-0.25, -0.2) is 4.68 Å². The van der Waals surface area contributed by atoms with Gasteiger partial charge >= 0.3 is 5.97 Å². The quantitative estimate of drug-likeness (QED) is 0.867. The van der Waals surface area contributed by atoms with Gasteiger partial charge in [-0.05, 0) is 45.2 Å². The van der Waals surface area contributed by atoms with Gasteiger partial charge in [-0.3, -0.25) is 9.69 Å². The number of piperidine rings is 1. The van der Waals surface area contributed by atoms with Crippen LogP contribution in [-0.4, -0.2) is 46.0 Å². The average Bonchev–Trinajstić information content (AvgIpc) is 2.72. The lowest BCUT2D eigenvalue weighted by molar-refractivity contribution is -0.137. The predicted molar refractivity (Wildman–Crippen MR) is 79.4 cm³/mol. The van der Waals surface area contributed by atoms with Crippen LogP contribution in [0.15, 0.2) is 0 Å². The van der Waals surface area contributed by atoms with Crippen molar-refractivity contribution in [2.75, 3.05) is 20.2 Å². The maximum atomic E-state index is 10.6. The van der Waals surface area contributed by atoms with Gasteiger partial charge in [0.25, 0.3) is 0 Å². The zero-order chi connectivity index (χ0) is 15.4. The van der Waals surface area contributed by atoms with Crippen molar-refractivity contribution in [3.63, 3.8) is 0 Å². The summed E-state index contributed by atoms with van der Waals surface area (Å²) in [6.45, 7) is 4.90. The zero-order valence-electron chi connectivity index (χ0n) is 13.1. The molecule has 0 radical (unpaired) electrons. The third-order valence-corrected chi connectivity index (χ3v) is 4.34. The van der Waals surface area contributed by atoms with Crippen molar-refractivity contribution in [1.29, 1.82) is 0 Å². The molecule has 0 spiro atoms. The number of carbonyl (C=O) groups is 1. The van der Waals surface area contributed by atoms with E-state index >= 15 is 0 Å². The Kier molecular flexibility index (Phi) is 5.22. The second kappa shape index (κ2) is 6.93. The summed E-state index contributed by atoms with van der Waals surface area (Å²) in [5, 5.41) is 13.2. The van der Waals surface area contributed by atoms with Crippen LogP contribution in [0.25, 0.3) is 0 Å². The Bertz CT molecular complexity index is 491. The lowest BCUT2D eigenvalue weighted by atomic mass is 9.92. The third-order valence-electron chi connectivity index (χ3n) is 4.34. The summed E-state index contributed by atoms with van der Waals surface area (Å²) < 4.78 is 7.22. The van der Waals surface area contributed by atoms with Crippen molar-refractivity contribution < 1.29 is 14.6 Å². The van der Waals surface area contributed by atoms with E-state index in [9.17, 15) is 4.79 Å². The van der Waals surface area contributed by atoms with Crippen molar-refractivity contribution in [2.45, 2.75) is 39.2 Å². The number of nitrogens with zero attached hydrogens (tertiary/aromatic N) is 3. The number of hydrogen-bond donors (Lipinski definition) is 1. The van der Waals surface area contributed by atoms with E-state index in [0.29, 0.717) is 12.3 Å². The molecule has 1 aromatic rings. The molecule has 0 bridgehead atoms. The molecule has 118 valence electrons. The molecule has 1 aromatic heterocycles. The van der Waals surface area contributed by atoms with Crippen LogP contribution >= 0.6 is 0 Å². The first-order valence-corrected chi connectivity index (χ1v) is 7.52. The average molecular weight is 295 g/mol. The van der Waals surface area contributed by atoms with Gasteiger partial charge in [-0.15, -0.1) is 0 Å². The molecule has 1 aliphatic heterocycles. The summed E-state index contributed by atoms with van der Waals surface area (Å²) in [5.41, 5.74) is 2.17. The fourth-order valence-electron chi connectivity index (χ4n) is 3.10. The third kappa shape index (κ3) is 3.97. The summed E-state index contributed by atoms with van der Waals surface area (Å²) in [4.78, 5) is 13.0. The van der Waals surface area contributed by atoms with Gasteiger partial charge < -0.3 is 9.84 Å². The highest BCUT2D eigenvalue weighted by atomic mass is 16.5. The Morgan fingerprint density at radius 2 is 2.10 bits per heavy atom. The summed E-state index contributed by atoms with van der Waals surface area (Å²) in [6.07, 6.45) is 3.25. The minimum Gasteiger partial charge on any atom is -0.481 e. The Morgan fingerprint density at radius 3 is 2.67 bits per heavy atom. The molecule has 6 heteroatoms. The second-order valence-electron chi connectivity index (χ2n) is 5.85. The van der Waals surface area contributed by atoms with Gasteiger partial charge in [0.1, 0.15) is 0 Å². The highest BCUT2D eigenvalue weighted by molar-refractivity contribution is 5.66. The summed E-state index contributed by atoms with van der Waals surface area (Å²) in [5.74, 6) is 0.697. The number of ether oxygens (including phenoxy) is 1. The standard InChI is InChI=1S/C15H25N3O3/c1-11-13(15(21-3)17(2)16-11)10-18-8-6-12(7-9-18)4-5-14(19)20/h12H,4-10H2,1-3H3,(H,19,20). The molecule has 1 N–H and O–H groups in total. The number of likely N-dealkylation sites (tertiary alicyclic amines) is 1. The highest BCUT2D eigenvalue weighted by Gasteiger charge is 2.23. The summed E-state index contributed by atoms with van der Waals surface area (Å²) in [6, 6.07) is 0. The maximum Gasteiger partial charge on any atom is 0.303 e. The van der Waals surface area contributed by atoms with Gasteiger partial charge in [-0.1, -0.05) is 0 Å². The van der Waals surface area contributed by atoms with Crippen molar-refractivity contribution in [3.8, 4) is 5.88 Å². The van der Waals surface area contributed by atoms with Crippen LogP contribution in [0.4, 0.5) is 0 Å². The molecule has 1 fully saturated rings. The Morgan fingerprint density at radius 1 is 1.43 bits per heavy atom. The summed E-state index contributed by atoms with van der Waals surface area (Å²) in [7, 11) is 3.57. The van der Waals surface area contributed by atoms with Crippen LogP contribution in [0, 0.1) is 12.8 Å². The first-order valence-electron chi connectivity index (χ1n) is 7.52. The van der Waals surface area contributed by atoms with E-state index in [2.05, 4.69) is 10.00 Å². The molecule has 0 saturated carbocycles. The number of aliphatic carboxylic acids is 1. The minimum atomic E-state index is -0.687. The topological polar surface area (TPSA) is 67.6 Å². The van der Waals surface area contributed by atoms with Gasteiger partial charge in [-0.2, -0.15) is 5.10 Å². The van der Waals surface area contributed by atoms with Crippen molar-refractivity contribution in [3.05, 3.63) is 11.3 Å². The fraction of sp³-hybridized carbons (Fsp3) is 0.733. The second-order valence-corrected chi connectivity index (χ2v) is 5.85. The number of carboxylic acids is 1. The smallest absolute Gasteiger partial charge is 0.303 e. The molecule has 0 aliphatic carbocycles. The number of methoxy groups -OCH3 is 1. The van der Waals surface area contributed by atoms with Crippen LogP contribution in [0.1, 0.15) is 36.9 Å². The van der Waals surface area contributed by atoms with Gasteiger partial charge in [0.15, 0.2) is 0 Å². The van der Waals surface area contributed by atoms with E-state index in [-0.39, 0.29) is 0 Å². The molecule has 21 heavy (non-hydrogen) atoms. The van der Waals surface area contributed by atoms with E-state index in [1.165, 1.54) is 0 Å². The van der Waals surface area contributed by atoms with Crippen LogP contribution in [0.5, 0.6) is 5.88 Å². The molecular formula is C15H25N3O3. The number of aryl methyl sites for hydroxylation is 2. The number of carboxylic acid groups (broad SMARTS) is 1. The molecule has 0 atom stereocenters. The first-order chi connectivity index (χ1) is 10.0. The van der Waals surface area contributed by atoms with E-state index in [1.54, 1.807) is 11.8 Å². The highest BCUT2D eigenvalue weighted by Crippen LogP contribution is 2.27. The molecule has 6 nitrogen and oxygen atoms in total. The molecule has 0 unspecified atom stereocenters. The lowest BCUT2D eigenvalue weighted by Crippen LogP contribution is -2.33. The SMILES string of the molecule is COc1c(CN2CCC(CCC(=O)O)CC2)c(C)nn1C. The van der Waals surface area contributed by atoms with Crippen LogP contribution in [-0.2, 0) is 18.4 Å². The van der Waals surface area contributed by atoms with Crippen LogP contribution < -0.4 is 4.74 Å². The van der Waals surface area contributed by atoms with Gasteiger partial charge in [0.05, 0.1) is 18.4 Å². The van der Waals surface area contributed by atoms with Crippen molar-refractivity contribution >= 4 is 5.97 Å². The van der Waals surface area contributed by atoms with Gasteiger partial charge in [0, 0.05) is 20.0 Å². The number of hydrogen-bond acceptors (Lipinski definition) is 4. The molecule has 2 heterocycles. The van der Waals surface area contributed by atoms with Crippen LogP contribution in [0.2, 0.25) is 0 Å². The predicted octanol–water partition coefficient (Wildman–Crippen LogP) is 1.81. The molecule has 1 aliphatic rings. The van der Waals surface area contributed by atoms with E-state index in [4.69, 9.17) is 9.84 Å². The number of aromatic nitrogens is 2. The molecular weight excluding hydrogens is 270 g/mol. The Labute approximate surface area is 125 Å². The zero-order valence-corrected chi connectivity index (χ0v) is 13.1. The first kappa shape index (κ1) is 15.8. The number of rotatable bonds is 6. The Hall–Kier alpha value is -1.56. The van der Waals surface area contributed by atoms with E-state index < -0.39 is 5.97 Å². The fourth-order valence-corrected chi connectivity index (χ4v) is 3.10. The van der Waals surface area contributed by atoms with Crippen molar-refractivity contribution in [1.82, 2.24) is 14.7 Å². The molecule has 2 rings (SSSR count). The normalized spacial score (nSPS) is 17.1. The Balaban J connectivity index is 1.88.